The molecule has 1 heterocycles. The Kier molecular flexibility index (Phi) is 8.76. The number of benzene rings is 1. The normalized spacial score (nSPS) is 17.7. The van der Waals surface area contributed by atoms with E-state index in [1.807, 2.05) is 6.92 Å². The lowest BCUT2D eigenvalue weighted by Gasteiger charge is -2.25. The van der Waals surface area contributed by atoms with Gasteiger partial charge in [0.1, 0.15) is 11.9 Å². The quantitative estimate of drug-likeness (QED) is 0.603. The maximum Gasteiger partial charge on any atom is 0.254 e. The maximum absolute atomic E-state index is 13.1. The first-order valence-corrected chi connectivity index (χ1v) is 10.4. The first-order valence-electron chi connectivity index (χ1n) is 10.4. The molecule has 1 aliphatic heterocycles. The van der Waals surface area contributed by atoms with Crippen molar-refractivity contribution in [3.05, 3.63) is 35.6 Å². The highest BCUT2D eigenvalue weighted by Crippen LogP contribution is 2.21. The summed E-state index contributed by atoms with van der Waals surface area (Å²) in [6.07, 6.45) is 9.90. The molecule has 0 bridgehead atoms. The molecule has 1 N–H and O–H groups in total. The van der Waals surface area contributed by atoms with Crippen LogP contribution < -0.4 is 5.32 Å². The van der Waals surface area contributed by atoms with E-state index < -0.39 is 6.04 Å². The standard InChI is InChI=1S/C22H33FN2O2/c1-3-4-5-6-7-8-10-17(2)24-21(26)20-11-9-16-25(20)22(27)18-12-14-19(23)15-13-18/h12-15,17,20H,3-11,16H2,1-2H3,(H,24,26)/t17?,20-/m0/s1. The monoisotopic (exact) mass is 376 g/mol. The number of nitrogens with one attached hydrogen (secondary N) is 1. The van der Waals surface area contributed by atoms with Gasteiger partial charge in [-0.05, 0) is 50.5 Å². The molecule has 0 saturated carbocycles. The van der Waals surface area contributed by atoms with Gasteiger partial charge in [0, 0.05) is 18.2 Å². The van der Waals surface area contributed by atoms with Gasteiger partial charge in [-0.25, -0.2) is 4.39 Å². The fraction of sp³-hybridized carbons (Fsp3) is 0.636. The highest BCUT2D eigenvalue weighted by molar-refractivity contribution is 5.98. The van der Waals surface area contributed by atoms with Crippen LogP contribution >= 0.6 is 0 Å². The van der Waals surface area contributed by atoms with Crippen molar-refractivity contribution in [3.8, 4) is 0 Å². The summed E-state index contributed by atoms with van der Waals surface area (Å²) in [6.45, 7) is 4.82. The Hall–Kier alpha value is -1.91. The molecule has 2 amide bonds. The molecule has 1 unspecified atom stereocenters. The van der Waals surface area contributed by atoms with Crippen molar-refractivity contribution in [2.75, 3.05) is 6.54 Å². The van der Waals surface area contributed by atoms with E-state index >= 15 is 0 Å². The molecule has 5 heteroatoms. The average Bonchev–Trinajstić information content (AvgIpc) is 3.14. The van der Waals surface area contributed by atoms with Gasteiger partial charge >= 0.3 is 0 Å². The number of amides is 2. The molecular formula is C22H33FN2O2. The van der Waals surface area contributed by atoms with Crippen LogP contribution in [0.2, 0.25) is 0 Å². The fourth-order valence-electron chi connectivity index (χ4n) is 3.68. The zero-order valence-electron chi connectivity index (χ0n) is 16.7. The van der Waals surface area contributed by atoms with Crippen LogP contribution in [-0.4, -0.2) is 35.3 Å². The van der Waals surface area contributed by atoms with Crippen LogP contribution in [0.1, 0.15) is 82.0 Å². The van der Waals surface area contributed by atoms with E-state index in [2.05, 4.69) is 12.2 Å². The largest absolute Gasteiger partial charge is 0.352 e. The van der Waals surface area contributed by atoms with Crippen molar-refractivity contribution >= 4 is 11.8 Å². The van der Waals surface area contributed by atoms with Gasteiger partial charge < -0.3 is 10.2 Å². The van der Waals surface area contributed by atoms with E-state index in [0.29, 0.717) is 18.5 Å². The summed E-state index contributed by atoms with van der Waals surface area (Å²) in [5, 5.41) is 3.08. The smallest absolute Gasteiger partial charge is 0.254 e. The molecule has 4 nitrogen and oxygen atoms in total. The topological polar surface area (TPSA) is 49.4 Å². The summed E-state index contributed by atoms with van der Waals surface area (Å²) in [6, 6.07) is 5.21. The Morgan fingerprint density at radius 2 is 1.81 bits per heavy atom. The third kappa shape index (κ3) is 6.64. The highest BCUT2D eigenvalue weighted by atomic mass is 19.1. The minimum absolute atomic E-state index is 0.0681. The van der Waals surface area contributed by atoms with Crippen LogP contribution in [0, 0.1) is 5.82 Å². The zero-order valence-corrected chi connectivity index (χ0v) is 16.7. The summed E-state index contributed by atoms with van der Waals surface area (Å²) in [7, 11) is 0. The van der Waals surface area contributed by atoms with E-state index in [-0.39, 0.29) is 23.7 Å². The lowest BCUT2D eigenvalue weighted by atomic mass is 10.1. The maximum atomic E-state index is 13.1. The molecule has 1 saturated heterocycles. The van der Waals surface area contributed by atoms with E-state index in [1.165, 1.54) is 56.4 Å². The summed E-state index contributed by atoms with van der Waals surface area (Å²) in [5.74, 6) is -0.636. The second-order valence-electron chi connectivity index (χ2n) is 7.63. The number of nitrogens with zero attached hydrogens (tertiary/aromatic N) is 1. The first kappa shape index (κ1) is 21.4. The number of hydrogen-bond acceptors (Lipinski definition) is 2. The molecule has 1 aromatic carbocycles. The Labute approximate surface area is 162 Å². The molecule has 0 aliphatic carbocycles. The molecule has 1 fully saturated rings. The van der Waals surface area contributed by atoms with Crippen LogP contribution in [0.25, 0.3) is 0 Å². The van der Waals surface area contributed by atoms with Crippen molar-refractivity contribution < 1.29 is 14.0 Å². The van der Waals surface area contributed by atoms with Crippen molar-refractivity contribution in [2.24, 2.45) is 0 Å². The van der Waals surface area contributed by atoms with Crippen LogP contribution in [0.4, 0.5) is 4.39 Å². The predicted molar refractivity (Wildman–Crippen MR) is 106 cm³/mol. The molecular weight excluding hydrogens is 343 g/mol. The van der Waals surface area contributed by atoms with Crippen LogP contribution in [0.3, 0.4) is 0 Å². The summed E-state index contributed by atoms with van der Waals surface area (Å²) in [5.41, 5.74) is 0.427. The second-order valence-corrected chi connectivity index (χ2v) is 7.63. The summed E-state index contributed by atoms with van der Waals surface area (Å²) in [4.78, 5) is 27.0. The number of halogens is 1. The predicted octanol–water partition coefficient (Wildman–Crippen LogP) is 4.69. The molecule has 0 spiro atoms. The van der Waals surface area contributed by atoms with E-state index in [1.54, 1.807) is 4.90 Å². The third-order valence-corrected chi connectivity index (χ3v) is 5.29. The van der Waals surface area contributed by atoms with Crippen LogP contribution in [0.5, 0.6) is 0 Å². The SMILES string of the molecule is CCCCCCCCC(C)NC(=O)[C@@H]1CCCN1C(=O)c1ccc(F)cc1. The van der Waals surface area contributed by atoms with E-state index in [9.17, 15) is 14.0 Å². The van der Waals surface area contributed by atoms with Crippen molar-refractivity contribution in [1.82, 2.24) is 10.2 Å². The second kappa shape index (κ2) is 11.1. The number of carbonyl (C=O) groups excluding carboxylic acids is 2. The van der Waals surface area contributed by atoms with Gasteiger partial charge in [-0.1, -0.05) is 45.4 Å². The Balaban J connectivity index is 1.80. The fourth-order valence-corrected chi connectivity index (χ4v) is 3.68. The molecule has 1 aromatic rings. The first-order chi connectivity index (χ1) is 13.0. The van der Waals surface area contributed by atoms with Gasteiger partial charge in [0.2, 0.25) is 5.91 Å². The number of unbranched alkanes of at least 4 members (excludes halogenated alkanes) is 5. The van der Waals surface area contributed by atoms with Gasteiger partial charge in [-0.15, -0.1) is 0 Å². The Morgan fingerprint density at radius 1 is 1.15 bits per heavy atom. The molecule has 27 heavy (non-hydrogen) atoms. The van der Waals surface area contributed by atoms with Crippen LogP contribution in [0.15, 0.2) is 24.3 Å². The van der Waals surface area contributed by atoms with E-state index in [0.717, 1.165) is 19.3 Å². The Morgan fingerprint density at radius 3 is 2.52 bits per heavy atom. The van der Waals surface area contributed by atoms with Crippen molar-refractivity contribution in [1.29, 1.82) is 0 Å². The molecule has 2 rings (SSSR count). The lowest BCUT2D eigenvalue weighted by molar-refractivity contribution is -0.125. The van der Waals surface area contributed by atoms with Gasteiger partial charge in [-0.3, -0.25) is 9.59 Å². The van der Waals surface area contributed by atoms with Crippen LogP contribution in [-0.2, 0) is 4.79 Å². The average molecular weight is 377 g/mol. The van der Waals surface area contributed by atoms with Gasteiger partial charge in [0.25, 0.3) is 5.91 Å². The van der Waals surface area contributed by atoms with Gasteiger partial charge in [0.05, 0.1) is 0 Å². The number of hydrogen-bond donors (Lipinski definition) is 1. The zero-order chi connectivity index (χ0) is 19.6. The van der Waals surface area contributed by atoms with Gasteiger partial charge in [-0.2, -0.15) is 0 Å². The molecule has 150 valence electrons. The number of rotatable bonds is 10. The van der Waals surface area contributed by atoms with Crippen molar-refractivity contribution in [3.63, 3.8) is 0 Å². The number of likely N-dealkylation sites (tertiary alicyclic amines) is 1. The molecule has 0 aromatic heterocycles. The minimum Gasteiger partial charge on any atom is -0.352 e. The molecule has 2 atom stereocenters. The third-order valence-electron chi connectivity index (χ3n) is 5.29. The minimum atomic E-state index is -0.422. The Bertz CT molecular complexity index is 603. The summed E-state index contributed by atoms with van der Waals surface area (Å²) >= 11 is 0. The van der Waals surface area contributed by atoms with E-state index in [4.69, 9.17) is 0 Å². The molecule has 1 aliphatic rings. The summed E-state index contributed by atoms with van der Waals surface area (Å²) < 4.78 is 13.1. The lowest BCUT2D eigenvalue weighted by Crippen LogP contribution is -2.48. The number of carbonyl (C=O) groups is 2. The highest BCUT2D eigenvalue weighted by Gasteiger charge is 2.34. The van der Waals surface area contributed by atoms with Crippen molar-refractivity contribution in [2.45, 2.75) is 83.7 Å². The van der Waals surface area contributed by atoms with Gasteiger partial charge in [0.15, 0.2) is 0 Å². The molecule has 0 radical (unpaired) electrons.